The molecule has 1 atom stereocenters. The molecule has 1 heterocycles. The molecule has 1 saturated carbocycles. The highest BCUT2D eigenvalue weighted by atomic mass is 16.4. The highest BCUT2D eigenvalue weighted by Gasteiger charge is 2.57. The van der Waals surface area contributed by atoms with Gasteiger partial charge in [0.2, 0.25) is 0 Å². The first kappa shape index (κ1) is 10.9. The SMILES string of the molecule is CN1CCC(N)(C(=O)O)C2(CCCC2)C1. The van der Waals surface area contributed by atoms with Crippen LogP contribution in [0.15, 0.2) is 0 Å². The summed E-state index contributed by atoms with van der Waals surface area (Å²) in [6.07, 6.45) is 4.78. The molecule has 1 unspecified atom stereocenters. The molecule has 0 aromatic carbocycles. The zero-order valence-electron chi connectivity index (χ0n) is 9.33. The highest BCUT2D eigenvalue weighted by Crippen LogP contribution is 2.49. The number of carbonyl (C=O) groups is 1. The van der Waals surface area contributed by atoms with Crippen LogP contribution in [0.4, 0.5) is 0 Å². The van der Waals surface area contributed by atoms with Crippen LogP contribution in [0.2, 0.25) is 0 Å². The van der Waals surface area contributed by atoms with Gasteiger partial charge in [0.25, 0.3) is 0 Å². The third kappa shape index (κ3) is 1.47. The van der Waals surface area contributed by atoms with Crippen LogP contribution in [-0.2, 0) is 4.79 Å². The van der Waals surface area contributed by atoms with Crippen LogP contribution in [0.1, 0.15) is 32.1 Å². The third-order valence-corrected chi connectivity index (χ3v) is 4.35. The van der Waals surface area contributed by atoms with Crippen LogP contribution in [0, 0.1) is 5.41 Å². The molecular weight excluding hydrogens is 192 g/mol. The zero-order chi connectivity index (χ0) is 11.1. The summed E-state index contributed by atoms with van der Waals surface area (Å²) in [4.78, 5) is 13.6. The van der Waals surface area contributed by atoms with Gasteiger partial charge in [0, 0.05) is 18.5 Å². The largest absolute Gasteiger partial charge is 0.480 e. The molecule has 86 valence electrons. The van der Waals surface area contributed by atoms with Gasteiger partial charge in [0.1, 0.15) is 5.54 Å². The van der Waals surface area contributed by atoms with Gasteiger partial charge >= 0.3 is 5.97 Å². The minimum Gasteiger partial charge on any atom is -0.480 e. The molecule has 2 rings (SSSR count). The van der Waals surface area contributed by atoms with Crippen LogP contribution in [-0.4, -0.2) is 41.7 Å². The normalized spacial score (nSPS) is 35.9. The van der Waals surface area contributed by atoms with E-state index >= 15 is 0 Å². The number of rotatable bonds is 1. The number of piperidine rings is 1. The van der Waals surface area contributed by atoms with Crippen molar-refractivity contribution in [3.63, 3.8) is 0 Å². The summed E-state index contributed by atoms with van der Waals surface area (Å²) in [5, 5.41) is 9.37. The lowest BCUT2D eigenvalue weighted by Crippen LogP contribution is -2.67. The van der Waals surface area contributed by atoms with Crippen molar-refractivity contribution in [1.82, 2.24) is 4.90 Å². The lowest BCUT2D eigenvalue weighted by molar-refractivity contribution is -0.153. The Balaban J connectivity index is 2.32. The van der Waals surface area contributed by atoms with Crippen LogP contribution in [0.3, 0.4) is 0 Å². The number of nitrogens with two attached hydrogens (primary N) is 1. The van der Waals surface area contributed by atoms with Crippen molar-refractivity contribution in [3.05, 3.63) is 0 Å². The quantitative estimate of drug-likeness (QED) is 0.670. The van der Waals surface area contributed by atoms with Gasteiger partial charge in [0.15, 0.2) is 0 Å². The first-order chi connectivity index (χ1) is 7.00. The molecule has 2 fully saturated rings. The van der Waals surface area contributed by atoms with Crippen LogP contribution >= 0.6 is 0 Å². The summed E-state index contributed by atoms with van der Waals surface area (Å²) in [5.41, 5.74) is 5.01. The smallest absolute Gasteiger partial charge is 0.324 e. The molecule has 3 N–H and O–H groups in total. The molecule has 0 bridgehead atoms. The number of carboxylic acid groups (broad SMARTS) is 1. The maximum Gasteiger partial charge on any atom is 0.324 e. The molecule has 15 heavy (non-hydrogen) atoms. The zero-order valence-corrected chi connectivity index (χ0v) is 9.33. The molecule has 0 aromatic rings. The second-order valence-corrected chi connectivity index (χ2v) is 5.25. The average molecular weight is 212 g/mol. The minimum atomic E-state index is -0.990. The maximum absolute atomic E-state index is 11.4. The van der Waals surface area contributed by atoms with Crippen molar-refractivity contribution in [2.45, 2.75) is 37.6 Å². The second-order valence-electron chi connectivity index (χ2n) is 5.25. The van der Waals surface area contributed by atoms with Gasteiger partial charge in [-0.1, -0.05) is 12.8 Å². The van der Waals surface area contributed by atoms with Gasteiger partial charge in [0.05, 0.1) is 0 Å². The minimum absolute atomic E-state index is 0.175. The molecule has 1 spiro atoms. The monoisotopic (exact) mass is 212 g/mol. The Hall–Kier alpha value is -0.610. The van der Waals surface area contributed by atoms with Crippen LogP contribution < -0.4 is 5.73 Å². The van der Waals surface area contributed by atoms with Crippen LogP contribution in [0.5, 0.6) is 0 Å². The Morgan fingerprint density at radius 3 is 2.47 bits per heavy atom. The van der Waals surface area contributed by atoms with E-state index in [1.807, 2.05) is 0 Å². The molecule has 2 aliphatic rings. The summed E-state index contributed by atoms with van der Waals surface area (Å²) < 4.78 is 0. The van der Waals surface area contributed by atoms with Crippen molar-refractivity contribution in [2.24, 2.45) is 11.1 Å². The van der Waals surface area contributed by atoms with Crippen LogP contribution in [0.25, 0.3) is 0 Å². The molecule has 1 aliphatic heterocycles. The van der Waals surface area contributed by atoms with Gasteiger partial charge < -0.3 is 15.7 Å². The highest BCUT2D eigenvalue weighted by molar-refractivity contribution is 5.80. The van der Waals surface area contributed by atoms with E-state index in [0.29, 0.717) is 6.42 Å². The molecule has 1 saturated heterocycles. The summed E-state index contributed by atoms with van der Waals surface area (Å²) in [6.45, 7) is 1.64. The van der Waals surface area contributed by atoms with E-state index in [9.17, 15) is 9.90 Å². The molecule has 4 nitrogen and oxygen atoms in total. The number of hydrogen-bond acceptors (Lipinski definition) is 3. The fraction of sp³-hybridized carbons (Fsp3) is 0.909. The van der Waals surface area contributed by atoms with Crippen molar-refractivity contribution < 1.29 is 9.90 Å². The van der Waals surface area contributed by atoms with Crippen molar-refractivity contribution in [3.8, 4) is 0 Å². The number of nitrogens with zero attached hydrogens (tertiary/aromatic N) is 1. The van der Waals surface area contributed by atoms with E-state index in [0.717, 1.165) is 38.8 Å². The number of carboxylic acids is 1. The summed E-state index contributed by atoms with van der Waals surface area (Å²) in [5.74, 6) is -0.808. The van der Waals surface area contributed by atoms with Gasteiger partial charge in [-0.05, 0) is 26.3 Å². The lowest BCUT2D eigenvalue weighted by atomic mass is 9.64. The molecule has 1 aliphatic carbocycles. The third-order valence-electron chi connectivity index (χ3n) is 4.35. The first-order valence-corrected chi connectivity index (χ1v) is 5.71. The number of aliphatic carboxylic acids is 1. The maximum atomic E-state index is 11.4. The van der Waals surface area contributed by atoms with E-state index in [1.54, 1.807) is 0 Å². The topological polar surface area (TPSA) is 66.6 Å². The standard InChI is InChI=1S/C11H20N2O2/c1-13-7-6-11(12,9(14)15)10(8-13)4-2-3-5-10/h2-8,12H2,1H3,(H,14,15). The summed E-state index contributed by atoms with van der Waals surface area (Å²) >= 11 is 0. The van der Waals surface area contributed by atoms with Gasteiger partial charge in [-0.3, -0.25) is 4.79 Å². The van der Waals surface area contributed by atoms with Crippen molar-refractivity contribution in [2.75, 3.05) is 20.1 Å². The fourth-order valence-electron chi connectivity index (χ4n) is 3.36. The Kier molecular flexibility index (Phi) is 2.51. The van der Waals surface area contributed by atoms with E-state index in [1.165, 1.54) is 0 Å². The Bertz CT molecular complexity index is 274. The van der Waals surface area contributed by atoms with E-state index in [-0.39, 0.29) is 5.41 Å². The predicted octanol–water partition coefficient (Wildman–Crippen LogP) is 0.664. The van der Waals surface area contributed by atoms with Gasteiger partial charge in [-0.15, -0.1) is 0 Å². The van der Waals surface area contributed by atoms with E-state index < -0.39 is 11.5 Å². The van der Waals surface area contributed by atoms with Crippen molar-refractivity contribution in [1.29, 1.82) is 0 Å². The first-order valence-electron chi connectivity index (χ1n) is 5.71. The number of hydrogen-bond donors (Lipinski definition) is 2. The lowest BCUT2D eigenvalue weighted by Gasteiger charge is -2.50. The fourth-order valence-corrected chi connectivity index (χ4v) is 3.36. The van der Waals surface area contributed by atoms with E-state index in [2.05, 4.69) is 11.9 Å². The van der Waals surface area contributed by atoms with E-state index in [4.69, 9.17) is 5.73 Å². The number of likely N-dealkylation sites (tertiary alicyclic amines) is 1. The summed E-state index contributed by atoms with van der Waals surface area (Å²) in [7, 11) is 2.06. The molecule has 0 aromatic heterocycles. The second kappa shape index (κ2) is 3.46. The Morgan fingerprint density at radius 2 is 1.93 bits per heavy atom. The molecule has 0 radical (unpaired) electrons. The summed E-state index contributed by atoms with van der Waals surface area (Å²) in [6, 6.07) is 0. The molecule has 4 heteroatoms. The van der Waals surface area contributed by atoms with Gasteiger partial charge in [-0.25, -0.2) is 0 Å². The molecule has 0 amide bonds. The van der Waals surface area contributed by atoms with Crippen molar-refractivity contribution >= 4 is 5.97 Å². The Labute approximate surface area is 90.4 Å². The Morgan fingerprint density at radius 1 is 1.33 bits per heavy atom. The average Bonchev–Trinajstić information content (AvgIpc) is 2.62. The predicted molar refractivity (Wildman–Crippen MR) is 57.6 cm³/mol. The van der Waals surface area contributed by atoms with Gasteiger partial charge in [-0.2, -0.15) is 0 Å². The molecular formula is C11H20N2O2.